The summed E-state index contributed by atoms with van der Waals surface area (Å²) in [5, 5.41) is 15.7. The van der Waals surface area contributed by atoms with Crippen LogP contribution in [0, 0.1) is 0 Å². The van der Waals surface area contributed by atoms with E-state index in [2.05, 4.69) is 19.9 Å². The monoisotopic (exact) mass is 386 g/mol. The first-order chi connectivity index (χ1) is 14.3. The Kier molecular flexibility index (Phi) is 4.62. The number of aromatic nitrogens is 2. The molecule has 1 N–H and O–H groups in total. The third kappa shape index (κ3) is 3.43. The second-order valence-electron chi connectivity index (χ2n) is 7.29. The van der Waals surface area contributed by atoms with Crippen LogP contribution in [0.5, 0.6) is 5.75 Å². The summed E-state index contributed by atoms with van der Waals surface area (Å²) in [5.74, 6) is 1.26. The van der Waals surface area contributed by atoms with Gasteiger partial charge in [-0.3, -0.25) is 4.90 Å². The zero-order valence-electron chi connectivity index (χ0n) is 16.0. The van der Waals surface area contributed by atoms with Gasteiger partial charge in [0.15, 0.2) is 5.58 Å². The fourth-order valence-electron chi connectivity index (χ4n) is 3.91. The van der Waals surface area contributed by atoms with Crippen molar-refractivity contribution in [2.45, 2.75) is 6.54 Å². The van der Waals surface area contributed by atoms with Crippen LogP contribution in [0.15, 0.2) is 71.4 Å². The van der Waals surface area contributed by atoms with Gasteiger partial charge in [-0.1, -0.05) is 41.6 Å². The number of aromatic hydroxyl groups is 1. The topological polar surface area (TPSA) is 65.6 Å². The SMILES string of the molecule is Oc1ccc2c(-c3ccccc3)noc2c1CN1CCN(c2ccccn2)CC1. The molecule has 1 saturated heterocycles. The predicted octanol–water partition coefficient (Wildman–Crippen LogP) is 3.92. The Balaban J connectivity index is 1.37. The number of nitrogens with zero attached hydrogens (tertiary/aromatic N) is 4. The molecule has 0 bridgehead atoms. The highest BCUT2D eigenvalue weighted by Crippen LogP contribution is 2.34. The third-order valence-corrected chi connectivity index (χ3v) is 5.49. The first kappa shape index (κ1) is 17.7. The summed E-state index contributed by atoms with van der Waals surface area (Å²) in [6.45, 7) is 4.22. The molecule has 6 heteroatoms. The highest BCUT2D eigenvalue weighted by molar-refractivity contribution is 5.94. The van der Waals surface area contributed by atoms with Gasteiger partial charge >= 0.3 is 0 Å². The number of piperazine rings is 1. The van der Waals surface area contributed by atoms with E-state index in [1.54, 1.807) is 6.07 Å². The molecule has 1 fully saturated rings. The van der Waals surface area contributed by atoms with Crippen molar-refractivity contribution in [3.05, 3.63) is 72.4 Å². The van der Waals surface area contributed by atoms with E-state index in [-0.39, 0.29) is 5.75 Å². The van der Waals surface area contributed by atoms with Crippen molar-refractivity contribution >= 4 is 16.8 Å². The summed E-state index contributed by atoms with van der Waals surface area (Å²) >= 11 is 0. The molecule has 0 unspecified atom stereocenters. The maximum absolute atomic E-state index is 10.5. The summed E-state index contributed by atoms with van der Waals surface area (Å²) in [4.78, 5) is 9.06. The highest BCUT2D eigenvalue weighted by atomic mass is 16.5. The van der Waals surface area contributed by atoms with E-state index in [0.29, 0.717) is 12.1 Å². The fraction of sp³-hybridized carbons (Fsp3) is 0.217. The minimum Gasteiger partial charge on any atom is -0.507 e. The quantitative estimate of drug-likeness (QED) is 0.574. The largest absolute Gasteiger partial charge is 0.507 e. The zero-order valence-corrected chi connectivity index (χ0v) is 16.0. The third-order valence-electron chi connectivity index (χ3n) is 5.49. The number of rotatable bonds is 4. The first-order valence-corrected chi connectivity index (χ1v) is 9.83. The molecule has 2 aromatic carbocycles. The lowest BCUT2D eigenvalue weighted by Gasteiger charge is -2.35. The van der Waals surface area contributed by atoms with Crippen LogP contribution < -0.4 is 4.90 Å². The number of pyridine rings is 1. The molecule has 1 aliphatic heterocycles. The van der Waals surface area contributed by atoms with Crippen LogP contribution in [0.25, 0.3) is 22.2 Å². The van der Waals surface area contributed by atoms with Gasteiger partial charge in [0.2, 0.25) is 0 Å². The fourth-order valence-corrected chi connectivity index (χ4v) is 3.91. The van der Waals surface area contributed by atoms with Gasteiger partial charge in [0.1, 0.15) is 17.3 Å². The van der Waals surface area contributed by atoms with Crippen molar-refractivity contribution in [2.75, 3.05) is 31.1 Å². The van der Waals surface area contributed by atoms with Gasteiger partial charge in [-0.2, -0.15) is 0 Å². The molecule has 146 valence electrons. The Labute approximate surface area is 169 Å². The first-order valence-electron chi connectivity index (χ1n) is 9.83. The molecule has 0 spiro atoms. The van der Waals surface area contributed by atoms with Crippen molar-refractivity contribution in [1.29, 1.82) is 0 Å². The Morgan fingerprint density at radius 3 is 2.45 bits per heavy atom. The smallest absolute Gasteiger partial charge is 0.175 e. The molecular weight excluding hydrogens is 364 g/mol. The Hall–Kier alpha value is -3.38. The molecule has 0 amide bonds. The van der Waals surface area contributed by atoms with Crippen molar-refractivity contribution in [1.82, 2.24) is 15.0 Å². The summed E-state index contributed by atoms with van der Waals surface area (Å²) in [5.41, 5.74) is 3.27. The molecule has 29 heavy (non-hydrogen) atoms. The molecule has 0 saturated carbocycles. The molecule has 2 aromatic heterocycles. The Bertz CT molecular complexity index is 1100. The van der Waals surface area contributed by atoms with Crippen LogP contribution in [0.1, 0.15) is 5.56 Å². The van der Waals surface area contributed by atoms with Crippen LogP contribution in [0.3, 0.4) is 0 Å². The number of anilines is 1. The van der Waals surface area contributed by atoms with Gasteiger partial charge in [-0.25, -0.2) is 4.98 Å². The molecule has 4 aromatic rings. The summed E-state index contributed by atoms with van der Waals surface area (Å²) in [7, 11) is 0. The van der Waals surface area contributed by atoms with Gasteiger partial charge in [0, 0.05) is 44.5 Å². The zero-order chi connectivity index (χ0) is 19.6. The standard InChI is InChI=1S/C23H22N4O2/c28-20-10-9-18-22(17-6-2-1-3-7-17)25-29-23(18)19(20)16-26-12-14-27(15-13-26)21-8-4-5-11-24-21/h1-11,28H,12-16H2. The van der Waals surface area contributed by atoms with Crippen molar-refractivity contribution in [3.63, 3.8) is 0 Å². The van der Waals surface area contributed by atoms with Crippen molar-refractivity contribution in [3.8, 4) is 17.0 Å². The number of fused-ring (bicyclic) bond motifs is 1. The normalized spacial score (nSPS) is 15.1. The minimum absolute atomic E-state index is 0.250. The number of benzene rings is 2. The Morgan fingerprint density at radius 1 is 0.897 bits per heavy atom. The lowest BCUT2D eigenvalue weighted by molar-refractivity contribution is 0.245. The maximum atomic E-state index is 10.5. The summed E-state index contributed by atoms with van der Waals surface area (Å²) < 4.78 is 5.69. The van der Waals surface area contributed by atoms with Gasteiger partial charge in [0.25, 0.3) is 0 Å². The van der Waals surface area contributed by atoms with Gasteiger partial charge in [-0.05, 0) is 24.3 Å². The van der Waals surface area contributed by atoms with Gasteiger partial charge in [-0.15, -0.1) is 0 Å². The summed E-state index contributed by atoms with van der Waals surface area (Å²) in [6.07, 6.45) is 1.83. The van der Waals surface area contributed by atoms with E-state index in [0.717, 1.165) is 54.2 Å². The summed E-state index contributed by atoms with van der Waals surface area (Å²) in [6, 6.07) is 19.6. The van der Waals surface area contributed by atoms with Crippen LogP contribution in [-0.2, 0) is 6.54 Å². The highest BCUT2D eigenvalue weighted by Gasteiger charge is 2.22. The van der Waals surface area contributed by atoms with Crippen LogP contribution >= 0.6 is 0 Å². The molecule has 0 atom stereocenters. The average molecular weight is 386 g/mol. The van der Waals surface area contributed by atoms with E-state index < -0.39 is 0 Å². The molecular formula is C23H22N4O2. The van der Waals surface area contributed by atoms with Crippen LogP contribution in [-0.4, -0.2) is 46.3 Å². The average Bonchev–Trinajstić information content (AvgIpc) is 3.22. The van der Waals surface area contributed by atoms with Gasteiger partial charge in [0.05, 0.1) is 10.9 Å². The molecule has 6 nitrogen and oxygen atoms in total. The molecule has 0 aliphatic carbocycles. The molecule has 1 aliphatic rings. The number of phenols is 1. The lowest BCUT2D eigenvalue weighted by Crippen LogP contribution is -2.46. The van der Waals surface area contributed by atoms with E-state index in [1.807, 2.05) is 60.8 Å². The number of phenolic OH excluding ortho intramolecular Hbond substituents is 1. The Morgan fingerprint density at radius 2 is 1.69 bits per heavy atom. The van der Waals surface area contributed by atoms with Crippen molar-refractivity contribution < 1.29 is 9.63 Å². The van der Waals surface area contributed by atoms with E-state index >= 15 is 0 Å². The second-order valence-corrected chi connectivity index (χ2v) is 7.29. The van der Waals surface area contributed by atoms with Crippen LogP contribution in [0.2, 0.25) is 0 Å². The number of hydrogen-bond acceptors (Lipinski definition) is 6. The number of hydrogen-bond donors (Lipinski definition) is 1. The van der Waals surface area contributed by atoms with E-state index in [9.17, 15) is 5.11 Å². The van der Waals surface area contributed by atoms with Crippen LogP contribution in [0.4, 0.5) is 5.82 Å². The minimum atomic E-state index is 0.250. The molecule has 5 rings (SSSR count). The molecule has 0 radical (unpaired) electrons. The van der Waals surface area contributed by atoms with Gasteiger partial charge < -0.3 is 14.5 Å². The maximum Gasteiger partial charge on any atom is 0.175 e. The lowest BCUT2D eigenvalue weighted by atomic mass is 10.0. The van der Waals surface area contributed by atoms with Crippen molar-refractivity contribution in [2.24, 2.45) is 0 Å². The second kappa shape index (κ2) is 7.56. The van der Waals surface area contributed by atoms with E-state index in [4.69, 9.17) is 4.52 Å². The molecule has 3 heterocycles. The van der Waals surface area contributed by atoms with E-state index in [1.165, 1.54) is 0 Å². The predicted molar refractivity (Wildman–Crippen MR) is 113 cm³/mol.